The molecule has 0 aliphatic carbocycles. The summed E-state index contributed by atoms with van der Waals surface area (Å²) in [6.45, 7) is 1.01. The number of tetrazole rings is 1. The third kappa shape index (κ3) is 3.29. The standard InChI is InChI=1S/C13H13F3N6O2/c14-13(15,16)9-1-2-10(11(6-9)22(23)24)21-4-3-8(7-21)5-12-17-19-20-18-12/h1-2,6,8H,3-5,7H2,(H,17,18,19,20). The number of hydrogen-bond donors (Lipinski definition) is 1. The number of aromatic amines is 1. The van der Waals surface area contributed by atoms with Crippen molar-refractivity contribution in [3.63, 3.8) is 0 Å². The summed E-state index contributed by atoms with van der Waals surface area (Å²) >= 11 is 0. The number of benzene rings is 1. The smallest absolute Gasteiger partial charge is 0.366 e. The zero-order chi connectivity index (χ0) is 17.3. The van der Waals surface area contributed by atoms with Gasteiger partial charge in [0.1, 0.15) is 5.69 Å². The van der Waals surface area contributed by atoms with Crippen LogP contribution in [-0.2, 0) is 12.6 Å². The van der Waals surface area contributed by atoms with Crippen molar-refractivity contribution in [2.45, 2.75) is 19.0 Å². The number of anilines is 1. The SMILES string of the molecule is O=[N+]([O-])c1cc(C(F)(F)F)ccc1N1CCC(Cc2nn[nH]n2)C1. The number of nitro benzene ring substituents is 1. The van der Waals surface area contributed by atoms with E-state index < -0.39 is 22.4 Å². The van der Waals surface area contributed by atoms with E-state index in [1.54, 1.807) is 4.90 Å². The van der Waals surface area contributed by atoms with Crippen LogP contribution >= 0.6 is 0 Å². The zero-order valence-electron chi connectivity index (χ0n) is 12.3. The molecule has 0 radical (unpaired) electrons. The summed E-state index contributed by atoms with van der Waals surface area (Å²) in [7, 11) is 0. The highest BCUT2D eigenvalue weighted by Gasteiger charge is 2.35. The summed E-state index contributed by atoms with van der Waals surface area (Å²) in [6, 6.07) is 2.62. The van der Waals surface area contributed by atoms with E-state index in [-0.39, 0.29) is 11.6 Å². The summed E-state index contributed by atoms with van der Waals surface area (Å²) in [5.74, 6) is 0.702. The fourth-order valence-corrected chi connectivity index (χ4v) is 2.86. The van der Waals surface area contributed by atoms with Crippen molar-refractivity contribution in [2.24, 2.45) is 5.92 Å². The maximum atomic E-state index is 12.8. The van der Waals surface area contributed by atoms with Crippen molar-refractivity contribution in [1.82, 2.24) is 20.6 Å². The molecule has 0 spiro atoms. The third-order valence-electron chi connectivity index (χ3n) is 3.99. The number of nitro groups is 1. The Morgan fingerprint density at radius 3 is 2.83 bits per heavy atom. The van der Waals surface area contributed by atoms with E-state index in [1.807, 2.05) is 0 Å². The molecule has 1 fully saturated rings. The molecular weight excluding hydrogens is 329 g/mol. The van der Waals surface area contributed by atoms with Crippen LogP contribution in [0.25, 0.3) is 0 Å². The second-order valence-corrected chi connectivity index (χ2v) is 5.59. The first-order valence-corrected chi connectivity index (χ1v) is 7.17. The van der Waals surface area contributed by atoms with Crippen molar-refractivity contribution in [3.8, 4) is 0 Å². The minimum absolute atomic E-state index is 0.157. The van der Waals surface area contributed by atoms with Gasteiger partial charge in [-0.1, -0.05) is 5.21 Å². The van der Waals surface area contributed by atoms with E-state index in [0.717, 1.165) is 18.6 Å². The van der Waals surface area contributed by atoms with Crippen LogP contribution in [0.5, 0.6) is 0 Å². The van der Waals surface area contributed by atoms with Gasteiger partial charge >= 0.3 is 6.18 Å². The first kappa shape index (κ1) is 16.1. The van der Waals surface area contributed by atoms with E-state index in [2.05, 4.69) is 20.6 Å². The molecule has 128 valence electrons. The molecule has 1 N–H and O–H groups in total. The van der Waals surface area contributed by atoms with Gasteiger partial charge in [-0.15, -0.1) is 10.2 Å². The van der Waals surface area contributed by atoms with E-state index in [0.29, 0.717) is 31.4 Å². The summed E-state index contributed by atoms with van der Waals surface area (Å²) in [6.07, 6.45) is -3.32. The largest absolute Gasteiger partial charge is 0.416 e. The van der Waals surface area contributed by atoms with Gasteiger partial charge in [-0.05, 0) is 24.5 Å². The van der Waals surface area contributed by atoms with Gasteiger partial charge in [0.25, 0.3) is 5.69 Å². The van der Waals surface area contributed by atoms with Gasteiger partial charge in [0.05, 0.1) is 10.5 Å². The molecule has 2 aromatic rings. The molecule has 0 saturated carbocycles. The van der Waals surface area contributed by atoms with Gasteiger partial charge in [0, 0.05) is 25.6 Å². The lowest BCUT2D eigenvalue weighted by molar-refractivity contribution is -0.384. The van der Waals surface area contributed by atoms with E-state index >= 15 is 0 Å². The maximum absolute atomic E-state index is 12.8. The molecule has 1 aliphatic rings. The highest BCUT2D eigenvalue weighted by molar-refractivity contribution is 5.65. The van der Waals surface area contributed by atoms with Gasteiger partial charge < -0.3 is 4.90 Å². The van der Waals surface area contributed by atoms with Crippen molar-refractivity contribution in [2.75, 3.05) is 18.0 Å². The Bertz CT molecular complexity index is 734. The first-order valence-electron chi connectivity index (χ1n) is 7.17. The highest BCUT2D eigenvalue weighted by atomic mass is 19.4. The molecule has 2 heterocycles. The zero-order valence-corrected chi connectivity index (χ0v) is 12.3. The Morgan fingerprint density at radius 2 is 2.21 bits per heavy atom. The van der Waals surface area contributed by atoms with Gasteiger partial charge in [0.15, 0.2) is 5.82 Å². The lowest BCUT2D eigenvalue weighted by atomic mass is 10.1. The lowest BCUT2D eigenvalue weighted by Crippen LogP contribution is -2.22. The van der Waals surface area contributed by atoms with Crippen LogP contribution in [0.1, 0.15) is 17.8 Å². The van der Waals surface area contributed by atoms with Crippen LogP contribution in [0.4, 0.5) is 24.5 Å². The Labute approximate surface area is 133 Å². The Kier molecular flexibility index (Phi) is 4.08. The molecule has 3 rings (SSSR count). The van der Waals surface area contributed by atoms with Gasteiger partial charge in [-0.3, -0.25) is 10.1 Å². The lowest BCUT2D eigenvalue weighted by Gasteiger charge is -2.19. The molecule has 1 aliphatic heterocycles. The predicted octanol–water partition coefficient (Wildman–Crippen LogP) is 2.20. The first-order chi connectivity index (χ1) is 11.3. The molecule has 1 atom stereocenters. The number of halogens is 3. The molecular formula is C13H13F3N6O2. The topological polar surface area (TPSA) is 101 Å². The number of H-pyrrole nitrogens is 1. The second kappa shape index (κ2) is 6.06. The van der Waals surface area contributed by atoms with E-state index in [1.165, 1.54) is 0 Å². The van der Waals surface area contributed by atoms with Gasteiger partial charge in [0.2, 0.25) is 0 Å². The summed E-state index contributed by atoms with van der Waals surface area (Å²) in [4.78, 5) is 12.1. The Morgan fingerprint density at radius 1 is 1.42 bits per heavy atom. The quantitative estimate of drug-likeness (QED) is 0.675. The van der Waals surface area contributed by atoms with E-state index in [9.17, 15) is 23.3 Å². The van der Waals surface area contributed by atoms with Crippen molar-refractivity contribution in [1.29, 1.82) is 0 Å². The van der Waals surface area contributed by atoms with Gasteiger partial charge in [-0.25, -0.2) is 0 Å². The van der Waals surface area contributed by atoms with Crippen molar-refractivity contribution in [3.05, 3.63) is 39.7 Å². The van der Waals surface area contributed by atoms with Crippen molar-refractivity contribution < 1.29 is 18.1 Å². The molecule has 0 bridgehead atoms. The van der Waals surface area contributed by atoms with E-state index in [4.69, 9.17) is 0 Å². The predicted molar refractivity (Wildman–Crippen MR) is 76.3 cm³/mol. The Hall–Kier alpha value is -2.72. The van der Waals surface area contributed by atoms with Crippen LogP contribution in [0.3, 0.4) is 0 Å². The molecule has 11 heteroatoms. The Balaban J connectivity index is 1.80. The number of aromatic nitrogens is 4. The molecule has 0 amide bonds. The molecule has 1 saturated heterocycles. The number of alkyl halides is 3. The van der Waals surface area contributed by atoms with Crippen LogP contribution < -0.4 is 4.90 Å². The normalized spacial score (nSPS) is 18.1. The summed E-state index contributed by atoms with van der Waals surface area (Å²) in [5, 5.41) is 24.7. The van der Waals surface area contributed by atoms with Crippen molar-refractivity contribution >= 4 is 11.4 Å². The van der Waals surface area contributed by atoms with Crippen LogP contribution in [-0.4, -0.2) is 38.6 Å². The van der Waals surface area contributed by atoms with Crippen LogP contribution in [0.2, 0.25) is 0 Å². The minimum Gasteiger partial charge on any atom is -0.366 e. The fraction of sp³-hybridized carbons (Fsp3) is 0.462. The average Bonchev–Trinajstić information content (AvgIpc) is 3.18. The molecule has 1 aromatic heterocycles. The molecule has 1 unspecified atom stereocenters. The number of nitrogens with one attached hydrogen (secondary N) is 1. The number of rotatable bonds is 4. The van der Waals surface area contributed by atoms with Crippen LogP contribution in [0.15, 0.2) is 18.2 Å². The van der Waals surface area contributed by atoms with Crippen LogP contribution in [0, 0.1) is 16.0 Å². The summed E-state index contributed by atoms with van der Waals surface area (Å²) in [5.41, 5.74) is -1.37. The highest BCUT2D eigenvalue weighted by Crippen LogP contribution is 2.38. The molecule has 8 nitrogen and oxygen atoms in total. The average molecular weight is 342 g/mol. The second-order valence-electron chi connectivity index (χ2n) is 5.59. The molecule has 1 aromatic carbocycles. The van der Waals surface area contributed by atoms with Gasteiger partial charge in [-0.2, -0.15) is 18.4 Å². The third-order valence-corrected chi connectivity index (χ3v) is 3.99. The minimum atomic E-state index is -4.62. The monoisotopic (exact) mass is 342 g/mol. The summed E-state index contributed by atoms with van der Waals surface area (Å²) < 4.78 is 38.3. The number of nitrogens with zero attached hydrogens (tertiary/aromatic N) is 5. The molecule has 24 heavy (non-hydrogen) atoms. The number of hydrogen-bond acceptors (Lipinski definition) is 6. The maximum Gasteiger partial charge on any atom is 0.416 e. The fourth-order valence-electron chi connectivity index (χ4n) is 2.86.